The summed E-state index contributed by atoms with van der Waals surface area (Å²) < 4.78 is 0. The van der Waals surface area contributed by atoms with E-state index in [1.807, 2.05) is 0 Å². The fourth-order valence-corrected chi connectivity index (χ4v) is 1.43. The number of carbonyl (C=O) groups is 2. The van der Waals surface area contributed by atoms with Gasteiger partial charge in [0.15, 0.2) is 0 Å². The fourth-order valence-electron chi connectivity index (χ4n) is 1.43. The standard InChI is InChI=1S/C9H10N4O2/c10-6-5-8(14)12-9(15)13(6)7-3-1-2-4-11-7/h1-4,6H,5,10H2,(H,12,14,15). The molecule has 1 aliphatic rings. The van der Waals surface area contributed by atoms with Crippen LogP contribution in [0.4, 0.5) is 10.6 Å². The molecular weight excluding hydrogens is 196 g/mol. The Morgan fingerprint density at radius 3 is 2.87 bits per heavy atom. The molecule has 0 radical (unpaired) electrons. The van der Waals surface area contributed by atoms with Crippen molar-refractivity contribution < 1.29 is 9.59 Å². The highest BCUT2D eigenvalue weighted by molar-refractivity contribution is 6.05. The highest BCUT2D eigenvalue weighted by Crippen LogP contribution is 2.15. The topological polar surface area (TPSA) is 88.3 Å². The summed E-state index contributed by atoms with van der Waals surface area (Å²) in [5.41, 5.74) is 5.70. The number of rotatable bonds is 1. The minimum absolute atomic E-state index is 0.0856. The van der Waals surface area contributed by atoms with Gasteiger partial charge in [-0.2, -0.15) is 0 Å². The van der Waals surface area contributed by atoms with Crippen molar-refractivity contribution in [3.63, 3.8) is 0 Å². The van der Waals surface area contributed by atoms with E-state index in [0.29, 0.717) is 5.82 Å². The first kappa shape index (κ1) is 9.60. The van der Waals surface area contributed by atoms with Crippen molar-refractivity contribution >= 4 is 17.8 Å². The highest BCUT2D eigenvalue weighted by Gasteiger charge is 2.31. The third kappa shape index (κ3) is 1.79. The summed E-state index contributed by atoms with van der Waals surface area (Å²) in [5, 5.41) is 2.19. The van der Waals surface area contributed by atoms with Gasteiger partial charge in [-0.1, -0.05) is 6.07 Å². The number of nitrogens with zero attached hydrogens (tertiary/aromatic N) is 2. The van der Waals surface area contributed by atoms with Crippen LogP contribution in [0.2, 0.25) is 0 Å². The second-order valence-corrected chi connectivity index (χ2v) is 3.18. The number of carbonyl (C=O) groups excluding carboxylic acids is 2. The van der Waals surface area contributed by atoms with Crippen molar-refractivity contribution in [3.05, 3.63) is 24.4 Å². The number of anilines is 1. The monoisotopic (exact) mass is 206 g/mol. The third-order valence-electron chi connectivity index (χ3n) is 2.09. The van der Waals surface area contributed by atoms with E-state index in [1.165, 1.54) is 4.90 Å². The van der Waals surface area contributed by atoms with E-state index in [4.69, 9.17) is 5.73 Å². The van der Waals surface area contributed by atoms with Crippen molar-refractivity contribution in [2.75, 3.05) is 4.90 Å². The molecule has 6 heteroatoms. The van der Waals surface area contributed by atoms with Crippen LogP contribution in [0.25, 0.3) is 0 Å². The molecule has 0 saturated carbocycles. The molecule has 0 aromatic carbocycles. The Kier molecular flexibility index (Phi) is 2.34. The number of hydrogen-bond donors (Lipinski definition) is 2. The van der Waals surface area contributed by atoms with E-state index in [1.54, 1.807) is 24.4 Å². The van der Waals surface area contributed by atoms with Crippen LogP contribution in [0.15, 0.2) is 24.4 Å². The van der Waals surface area contributed by atoms with Crippen LogP contribution >= 0.6 is 0 Å². The molecule has 1 saturated heterocycles. The molecule has 1 aromatic rings. The zero-order valence-corrected chi connectivity index (χ0v) is 7.88. The highest BCUT2D eigenvalue weighted by atomic mass is 16.2. The lowest BCUT2D eigenvalue weighted by Gasteiger charge is -2.31. The summed E-state index contributed by atoms with van der Waals surface area (Å²) in [6, 6.07) is 4.62. The van der Waals surface area contributed by atoms with E-state index in [0.717, 1.165) is 0 Å². The Morgan fingerprint density at radius 1 is 1.47 bits per heavy atom. The molecule has 3 amide bonds. The van der Waals surface area contributed by atoms with Crippen molar-refractivity contribution in [2.45, 2.75) is 12.6 Å². The Bertz CT molecular complexity index is 392. The molecule has 1 unspecified atom stereocenters. The number of imide groups is 1. The number of nitrogens with one attached hydrogen (secondary N) is 1. The van der Waals surface area contributed by atoms with Crippen molar-refractivity contribution in [1.29, 1.82) is 0 Å². The molecule has 15 heavy (non-hydrogen) atoms. The van der Waals surface area contributed by atoms with Crippen molar-refractivity contribution in [1.82, 2.24) is 10.3 Å². The molecular formula is C9H10N4O2. The molecule has 0 bridgehead atoms. The Balaban J connectivity index is 2.29. The molecule has 3 N–H and O–H groups in total. The normalized spacial score (nSPS) is 21.4. The van der Waals surface area contributed by atoms with Crippen LogP contribution < -0.4 is 16.0 Å². The van der Waals surface area contributed by atoms with Crippen LogP contribution in [0.3, 0.4) is 0 Å². The van der Waals surface area contributed by atoms with E-state index >= 15 is 0 Å². The number of hydrogen-bond acceptors (Lipinski definition) is 4. The van der Waals surface area contributed by atoms with Crippen LogP contribution in [0, 0.1) is 0 Å². The molecule has 0 spiro atoms. The first-order valence-electron chi connectivity index (χ1n) is 4.48. The lowest BCUT2D eigenvalue weighted by Crippen LogP contribution is -2.58. The van der Waals surface area contributed by atoms with Gasteiger partial charge in [0, 0.05) is 6.20 Å². The molecule has 2 heterocycles. The van der Waals surface area contributed by atoms with Gasteiger partial charge in [0.2, 0.25) is 5.91 Å². The lowest BCUT2D eigenvalue weighted by atomic mass is 10.2. The van der Waals surface area contributed by atoms with Gasteiger partial charge in [0.25, 0.3) is 0 Å². The molecule has 1 aliphatic heterocycles. The van der Waals surface area contributed by atoms with Gasteiger partial charge >= 0.3 is 6.03 Å². The molecule has 1 fully saturated rings. The van der Waals surface area contributed by atoms with E-state index in [-0.39, 0.29) is 12.3 Å². The maximum atomic E-state index is 11.5. The van der Waals surface area contributed by atoms with Gasteiger partial charge in [-0.3, -0.25) is 15.0 Å². The third-order valence-corrected chi connectivity index (χ3v) is 2.09. The van der Waals surface area contributed by atoms with Crippen LogP contribution in [0.1, 0.15) is 6.42 Å². The summed E-state index contributed by atoms with van der Waals surface area (Å²) >= 11 is 0. The predicted octanol–water partition coefficient (Wildman–Crippen LogP) is -0.187. The van der Waals surface area contributed by atoms with Gasteiger partial charge in [0.05, 0.1) is 12.6 Å². The second-order valence-electron chi connectivity index (χ2n) is 3.18. The maximum Gasteiger partial charge on any atom is 0.331 e. The molecule has 0 aliphatic carbocycles. The number of urea groups is 1. The molecule has 78 valence electrons. The minimum Gasteiger partial charge on any atom is -0.310 e. The van der Waals surface area contributed by atoms with E-state index in [9.17, 15) is 9.59 Å². The van der Waals surface area contributed by atoms with E-state index < -0.39 is 12.2 Å². The molecule has 1 atom stereocenters. The number of pyridine rings is 1. The SMILES string of the molecule is NC1CC(=O)NC(=O)N1c1ccccn1. The Labute approximate surface area is 86.1 Å². The smallest absolute Gasteiger partial charge is 0.310 e. The summed E-state index contributed by atoms with van der Waals surface area (Å²) in [6.07, 6.45) is 0.995. The molecule has 1 aromatic heterocycles. The summed E-state index contributed by atoms with van der Waals surface area (Å²) in [4.78, 5) is 27.8. The van der Waals surface area contributed by atoms with Crippen LogP contribution in [-0.4, -0.2) is 23.1 Å². The maximum absolute atomic E-state index is 11.5. The van der Waals surface area contributed by atoms with Crippen LogP contribution in [-0.2, 0) is 4.79 Å². The minimum atomic E-state index is -0.652. The number of aromatic nitrogens is 1. The Hall–Kier alpha value is -1.95. The summed E-state index contributed by atoms with van der Waals surface area (Å²) in [7, 11) is 0. The van der Waals surface area contributed by atoms with Crippen molar-refractivity contribution in [3.8, 4) is 0 Å². The van der Waals surface area contributed by atoms with Gasteiger partial charge in [-0.15, -0.1) is 0 Å². The zero-order chi connectivity index (χ0) is 10.8. The first-order valence-corrected chi connectivity index (χ1v) is 4.48. The number of amides is 3. The van der Waals surface area contributed by atoms with Crippen LogP contribution in [0.5, 0.6) is 0 Å². The fraction of sp³-hybridized carbons (Fsp3) is 0.222. The first-order chi connectivity index (χ1) is 7.18. The van der Waals surface area contributed by atoms with Crippen molar-refractivity contribution in [2.24, 2.45) is 5.73 Å². The zero-order valence-electron chi connectivity index (χ0n) is 7.88. The van der Waals surface area contributed by atoms with Gasteiger partial charge in [0.1, 0.15) is 5.82 Å². The lowest BCUT2D eigenvalue weighted by molar-refractivity contribution is -0.120. The number of nitrogens with two attached hydrogens (primary N) is 1. The van der Waals surface area contributed by atoms with Gasteiger partial charge in [-0.25, -0.2) is 9.78 Å². The Morgan fingerprint density at radius 2 is 2.27 bits per heavy atom. The average molecular weight is 206 g/mol. The quantitative estimate of drug-likeness (QED) is 0.666. The average Bonchev–Trinajstić information content (AvgIpc) is 2.17. The molecule has 6 nitrogen and oxygen atoms in total. The van der Waals surface area contributed by atoms with E-state index in [2.05, 4.69) is 10.3 Å². The van der Waals surface area contributed by atoms with Gasteiger partial charge < -0.3 is 5.73 Å². The second kappa shape index (κ2) is 3.66. The van der Waals surface area contributed by atoms with Gasteiger partial charge in [-0.05, 0) is 12.1 Å². The predicted molar refractivity (Wildman–Crippen MR) is 52.8 cm³/mol. The molecule has 2 rings (SSSR count). The summed E-state index contributed by atoms with van der Waals surface area (Å²) in [6.45, 7) is 0. The summed E-state index contributed by atoms with van der Waals surface area (Å²) in [5.74, 6) is 0.0784. The largest absolute Gasteiger partial charge is 0.331 e.